The van der Waals surface area contributed by atoms with E-state index in [0.29, 0.717) is 17.8 Å². The van der Waals surface area contributed by atoms with Crippen molar-refractivity contribution in [1.29, 1.82) is 0 Å². The van der Waals surface area contributed by atoms with Crippen LogP contribution in [0.3, 0.4) is 0 Å². The van der Waals surface area contributed by atoms with Crippen molar-refractivity contribution in [3.63, 3.8) is 0 Å². The number of aromatic nitrogens is 2. The summed E-state index contributed by atoms with van der Waals surface area (Å²) in [6.45, 7) is 1.92. The third-order valence-electron chi connectivity index (χ3n) is 4.24. The van der Waals surface area contributed by atoms with E-state index in [1.165, 1.54) is 17.0 Å². The Morgan fingerprint density at radius 2 is 2.22 bits per heavy atom. The first-order chi connectivity index (χ1) is 10.9. The Kier molecular flexibility index (Phi) is 3.91. The van der Waals surface area contributed by atoms with Gasteiger partial charge in [0.2, 0.25) is 0 Å². The monoisotopic (exact) mass is 319 g/mol. The lowest BCUT2D eigenvalue weighted by Crippen LogP contribution is -2.55. The second-order valence-corrected chi connectivity index (χ2v) is 6.02. The number of hydrogen-bond acceptors (Lipinski definition) is 4. The second kappa shape index (κ2) is 5.75. The highest BCUT2D eigenvalue weighted by Gasteiger charge is 2.38. The molecule has 2 heterocycles. The van der Waals surface area contributed by atoms with Crippen LogP contribution >= 0.6 is 0 Å². The number of rotatable bonds is 2. The lowest BCUT2D eigenvalue weighted by molar-refractivity contribution is -0.0999. The molecular weight excluding hydrogens is 301 g/mol. The maximum absolute atomic E-state index is 13.8. The molecule has 1 aromatic heterocycles. The van der Waals surface area contributed by atoms with Crippen LogP contribution in [-0.2, 0) is 0 Å². The topological polar surface area (TPSA) is 89.5 Å². The molecule has 6 nitrogen and oxygen atoms in total. The van der Waals surface area contributed by atoms with Crippen LogP contribution in [0.25, 0.3) is 11.3 Å². The number of benzene rings is 1. The standard InChI is InChI=1S/C16H18FN3O3/c1-16(23)6-7-20(9-14(16)21)15(22)13-8-12(18-19-13)10-4-2-3-5-11(10)17/h2-5,8,14,21,23H,6-7,9H2,1H3,(H,18,19)/t14-,16+/m0/s1. The fourth-order valence-corrected chi connectivity index (χ4v) is 2.62. The van der Waals surface area contributed by atoms with Gasteiger partial charge in [-0.3, -0.25) is 9.89 Å². The third kappa shape index (κ3) is 2.97. The highest BCUT2D eigenvalue weighted by atomic mass is 19.1. The summed E-state index contributed by atoms with van der Waals surface area (Å²) in [6, 6.07) is 7.67. The number of nitrogens with one attached hydrogen (secondary N) is 1. The van der Waals surface area contributed by atoms with E-state index in [1.54, 1.807) is 25.1 Å². The summed E-state index contributed by atoms with van der Waals surface area (Å²) in [5, 5.41) is 26.4. The van der Waals surface area contributed by atoms with Crippen LogP contribution in [0.4, 0.5) is 4.39 Å². The van der Waals surface area contributed by atoms with Gasteiger partial charge in [-0.05, 0) is 31.5 Å². The van der Waals surface area contributed by atoms with Crippen molar-refractivity contribution in [2.45, 2.75) is 25.0 Å². The zero-order valence-corrected chi connectivity index (χ0v) is 12.7. The fourth-order valence-electron chi connectivity index (χ4n) is 2.62. The van der Waals surface area contributed by atoms with E-state index in [0.717, 1.165) is 0 Å². The Morgan fingerprint density at radius 3 is 2.91 bits per heavy atom. The van der Waals surface area contributed by atoms with Gasteiger partial charge < -0.3 is 15.1 Å². The Labute approximate surface area is 132 Å². The number of halogens is 1. The van der Waals surface area contributed by atoms with Gasteiger partial charge in [0, 0.05) is 18.7 Å². The largest absolute Gasteiger partial charge is 0.388 e. The molecule has 3 N–H and O–H groups in total. The van der Waals surface area contributed by atoms with E-state index in [9.17, 15) is 19.4 Å². The first-order valence-electron chi connectivity index (χ1n) is 7.38. The number of piperidine rings is 1. The summed E-state index contributed by atoms with van der Waals surface area (Å²) in [7, 11) is 0. The molecule has 1 aliphatic rings. The maximum Gasteiger partial charge on any atom is 0.271 e. The van der Waals surface area contributed by atoms with E-state index in [4.69, 9.17) is 0 Å². The van der Waals surface area contributed by atoms with E-state index in [-0.39, 0.29) is 24.6 Å². The molecule has 0 saturated carbocycles. The molecule has 1 amide bonds. The molecule has 0 radical (unpaired) electrons. The smallest absolute Gasteiger partial charge is 0.271 e. The van der Waals surface area contributed by atoms with Gasteiger partial charge in [-0.1, -0.05) is 12.1 Å². The number of H-pyrrole nitrogens is 1. The number of nitrogens with zero attached hydrogens (tertiary/aromatic N) is 2. The number of hydrogen-bond donors (Lipinski definition) is 3. The molecule has 1 saturated heterocycles. The number of likely N-dealkylation sites (tertiary alicyclic amines) is 1. The summed E-state index contributed by atoms with van der Waals surface area (Å²) in [6.07, 6.45) is -0.719. The van der Waals surface area contributed by atoms with Gasteiger partial charge in [0.25, 0.3) is 5.91 Å². The second-order valence-electron chi connectivity index (χ2n) is 6.02. The molecule has 1 fully saturated rings. The molecule has 122 valence electrons. The predicted octanol–water partition coefficient (Wildman–Crippen LogP) is 1.17. The van der Waals surface area contributed by atoms with Crippen molar-refractivity contribution in [1.82, 2.24) is 15.1 Å². The number of aromatic amines is 1. The minimum atomic E-state index is -1.19. The molecule has 0 bridgehead atoms. The van der Waals surface area contributed by atoms with Gasteiger partial charge in [0.05, 0.1) is 17.4 Å². The average molecular weight is 319 g/mol. The molecule has 2 aromatic rings. The van der Waals surface area contributed by atoms with E-state index in [2.05, 4.69) is 10.2 Å². The van der Waals surface area contributed by atoms with Crippen molar-refractivity contribution < 1.29 is 19.4 Å². The van der Waals surface area contributed by atoms with E-state index in [1.807, 2.05) is 0 Å². The zero-order valence-electron chi connectivity index (χ0n) is 12.7. The maximum atomic E-state index is 13.8. The van der Waals surface area contributed by atoms with E-state index >= 15 is 0 Å². The molecular formula is C16H18FN3O3. The van der Waals surface area contributed by atoms with Gasteiger partial charge >= 0.3 is 0 Å². The lowest BCUT2D eigenvalue weighted by atomic mass is 9.90. The molecule has 7 heteroatoms. The van der Waals surface area contributed by atoms with Crippen molar-refractivity contribution in [3.05, 3.63) is 41.8 Å². The van der Waals surface area contributed by atoms with Crippen molar-refractivity contribution in [2.75, 3.05) is 13.1 Å². The number of β-amino-alcohol motifs (C(OH)–C–C–N with tert-alkyl or cyclic N) is 1. The molecule has 2 atom stereocenters. The predicted molar refractivity (Wildman–Crippen MR) is 81.1 cm³/mol. The van der Waals surface area contributed by atoms with Gasteiger partial charge in [-0.2, -0.15) is 5.10 Å². The molecule has 1 aromatic carbocycles. The first-order valence-corrected chi connectivity index (χ1v) is 7.38. The number of aliphatic hydroxyl groups excluding tert-OH is 1. The van der Waals surface area contributed by atoms with Crippen LogP contribution in [0, 0.1) is 5.82 Å². The Hall–Kier alpha value is -2.25. The summed E-state index contributed by atoms with van der Waals surface area (Å²) in [5.74, 6) is -0.753. The van der Waals surface area contributed by atoms with Crippen LogP contribution in [0.15, 0.2) is 30.3 Å². The number of amides is 1. The zero-order chi connectivity index (χ0) is 16.6. The van der Waals surface area contributed by atoms with Gasteiger partial charge in [0.15, 0.2) is 0 Å². The quantitative estimate of drug-likeness (QED) is 0.775. The molecule has 0 aliphatic carbocycles. The van der Waals surface area contributed by atoms with Crippen LogP contribution in [-0.4, -0.2) is 56.0 Å². The van der Waals surface area contributed by atoms with Crippen molar-refractivity contribution in [2.24, 2.45) is 0 Å². The van der Waals surface area contributed by atoms with Crippen LogP contribution in [0.1, 0.15) is 23.8 Å². The average Bonchev–Trinajstić information content (AvgIpc) is 2.99. The summed E-state index contributed by atoms with van der Waals surface area (Å²) in [5.41, 5.74) is -0.319. The minimum Gasteiger partial charge on any atom is -0.388 e. The Morgan fingerprint density at radius 1 is 1.48 bits per heavy atom. The number of aliphatic hydroxyl groups is 2. The van der Waals surface area contributed by atoms with Crippen LogP contribution < -0.4 is 0 Å². The summed E-state index contributed by atoms with van der Waals surface area (Å²) in [4.78, 5) is 13.9. The van der Waals surface area contributed by atoms with Gasteiger partial charge in [-0.25, -0.2) is 4.39 Å². The van der Waals surface area contributed by atoms with Crippen LogP contribution in [0.5, 0.6) is 0 Å². The highest BCUT2D eigenvalue weighted by molar-refractivity contribution is 5.93. The Bertz CT molecular complexity index is 729. The molecule has 1 aliphatic heterocycles. The third-order valence-corrected chi connectivity index (χ3v) is 4.24. The molecule has 3 rings (SSSR count). The minimum absolute atomic E-state index is 0.0416. The highest BCUT2D eigenvalue weighted by Crippen LogP contribution is 2.25. The lowest BCUT2D eigenvalue weighted by Gasteiger charge is -2.39. The van der Waals surface area contributed by atoms with E-state index < -0.39 is 17.5 Å². The number of carbonyl (C=O) groups is 1. The van der Waals surface area contributed by atoms with Crippen molar-refractivity contribution in [3.8, 4) is 11.3 Å². The number of carbonyl (C=O) groups excluding carboxylic acids is 1. The summed E-state index contributed by atoms with van der Waals surface area (Å²) < 4.78 is 13.8. The Balaban J connectivity index is 1.79. The molecule has 23 heavy (non-hydrogen) atoms. The van der Waals surface area contributed by atoms with Crippen molar-refractivity contribution >= 4 is 5.91 Å². The fraction of sp³-hybridized carbons (Fsp3) is 0.375. The summed E-state index contributed by atoms with van der Waals surface area (Å²) >= 11 is 0. The molecule has 0 unspecified atom stereocenters. The van der Waals surface area contributed by atoms with Gasteiger partial charge in [0.1, 0.15) is 11.5 Å². The first kappa shape index (κ1) is 15.6. The SMILES string of the molecule is C[C@@]1(O)CCN(C(=O)c2cc(-c3ccccc3F)n[nH]2)C[C@@H]1O. The van der Waals surface area contributed by atoms with Gasteiger partial charge in [-0.15, -0.1) is 0 Å². The van der Waals surface area contributed by atoms with Crippen LogP contribution in [0.2, 0.25) is 0 Å². The normalized spacial score (nSPS) is 24.7. The molecule has 0 spiro atoms.